The maximum atomic E-state index is 9.59. The highest BCUT2D eigenvalue weighted by atomic mass is 35.5. The summed E-state index contributed by atoms with van der Waals surface area (Å²) in [6.07, 6.45) is 6.81. The van der Waals surface area contributed by atoms with Crippen LogP contribution in [-0.2, 0) is 14.3 Å². The maximum Gasteiger partial charge on any atom is 0.302 e. The molecule has 75 heavy (non-hydrogen) atoms. The molecule has 0 aliphatic rings. The molecule has 0 N–H and O–H groups in total. The summed E-state index contributed by atoms with van der Waals surface area (Å²) < 4.78 is 17.9. The first-order valence-electron chi connectivity index (χ1n) is 24.7. The van der Waals surface area contributed by atoms with Gasteiger partial charge in [-0.2, -0.15) is 11.8 Å². The van der Waals surface area contributed by atoms with Crippen LogP contribution < -0.4 is 0 Å². The zero-order valence-electron chi connectivity index (χ0n) is 49.9. The highest BCUT2D eigenvalue weighted by molar-refractivity contribution is 7.97. The molecule has 0 unspecified atom stereocenters. The lowest BCUT2D eigenvalue weighted by atomic mass is 10.1. The van der Waals surface area contributed by atoms with Crippen molar-refractivity contribution in [1.29, 1.82) is 0 Å². The van der Waals surface area contributed by atoms with Gasteiger partial charge >= 0.3 is 5.97 Å². The van der Waals surface area contributed by atoms with Crippen LogP contribution in [0.2, 0.25) is 0 Å². The minimum Gasteiger partial charge on any atom is -0.469 e. The first kappa shape index (κ1) is 80.4. The Balaban J connectivity index is -0.000000175. The monoisotopic (exact) mass is 1060 g/mol. The third kappa shape index (κ3) is 72.3. The molecule has 414 valence electrons. The molecule has 0 fully saturated rings. The second kappa shape index (κ2) is 66.0. The van der Waals surface area contributed by atoms with Crippen molar-refractivity contribution in [1.82, 2.24) is 4.90 Å². The molecule has 8 aromatic carbocycles. The third-order valence-corrected chi connectivity index (χ3v) is 7.84. The fourth-order valence-corrected chi connectivity index (χ4v) is 4.52. The quantitative estimate of drug-likeness (QED) is 0.112. The molecular weight excluding hydrogens is 965 g/mol. The van der Waals surface area contributed by atoms with Gasteiger partial charge in [-0.05, 0) is 92.9 Å². The predicted octanol–water partition coefficient (Wildman–Crippen LogP) is 19.6. The van der Waals surface area contributed by atoms with Crippen LogP contribution >= 0.6 is 23.4 Å². The van der Waals surface area contributed by atoms with Crippen LogP contribution in [0.25, 0.3) is 10.8 Å². The van der Waals surface area contributed by atoms with Crippen LogP contribution in [0, 0.1) is 48.5 Å². The second-order valence-corrected chi connectivity index (χ2v) is 17.2. The summed E-state index contributed by atoms with van der Waals surface area (Å²) in [5.41, 5.74) is 9.25. The van der Waals surface area contributed by atoms with Crippen molar-refractivity contribution in [2.75, 3.05) is 68.5 Å². The Bertz CT molecular complexity index is 1960. The first-order valence-corrected chi connectivity index (χ1v) is 27.1. The van der Waals surface area contributed by atoms with E-state index in [4.69, 9.17) is 0 Å². The van der Waals surface area contributed by atoms with E-state index in [1.54, 1.807) is 26.0 Å². The van der Waals surface area contributed by atoms with Crippen LogP contribution in [0.3, 0.4) is 0 Å². The lowest BCUT2D eigenvalue weighted by Crippen LogP contribution is -1.99. The number of carbonyl (C=O) groups is 1. The molecule has 0 aromatic heterocycles. The SMILES string of the molecule is CCC.CCl.CF.CN(C)C.COC.COC(C)=O.CSC.Cc1ccc2ccccc2c1.Cc1ccccc1.Cc1ccccc1.Cc1ccccc1.Cc1ccccc1.Cc1ccccc1.Cc1ccccc1. The van der Waals surface area contributed by atoms with Crippen molar-refractivity contribution in [3.8, 4) is 0 Å². The summed E-state index contributed by atoms with van der Waals surface area (Å²) in [7, 11) is 11.1. The van der Waals surface area contributed by atoms with Gasteiger partial charge < -0.3 is 14.4 Å². The van der Waals surface area contributed by atoms with Crippen molar-refractivity contribution in [2.24, 2.45) is 0 Å². The minimum absolute atomic E-state index is 0.245. The molecule has 0 aliphatic heterocycles. The molecule has 0 saturated heterocycles. The van der Waals surface area contributed by atoms with Gasteiger partial charge in [0.15, 0.2) is 0 Å². The van der Waals surface area contributed by atoms with Crippen LogP contribution in [0.5, 0.6) is 0 Å². The average Bonchev–Trinajstić information content (AvgIpc) is 3.41. The Morgan fingerprint density at radius 2 is 0.573 bits per heavy atom. The number of alkyl halides is 2. The van der Waals surface area contributed by atoms with E-state index in [9.17, 15) is 9.18 Å². The van der Waals surface area contributed by atoms with Gasteiger partial charge in [0.05, 0.1) is 14.3 Å². The normalized spacial score (nSPS) is 8.20. The maximum absolute atomic E-state index is 9.59. The van der Waals surface area contributed by atoms with E-state index in [0.29, 0.717) is 7.18 Å². The van der Waals surface area contributed by atoms with E-state index in [0.717, 1.165) is 0 Å². The van der Waals surface area contributed by atoms with Crippen molar-refractivity contribution in [3.63, 3.8) is 0 Å². The van der Waals surface area contributed by atoms with Gasteiger partial charge in [-0.15, -0.1) is 11.6 Å². The van der Waals surface area contributed by atoms with Gasteiger partial charge in [-0.1, -0.05) is 284 Å². The molecule has 0 heterocycles. The molecule has 0 spiro atoms. The van der Waals surface area contributed by atoms with E-state index >= 15 is 0 Å². The number of hydrogen-bond acceptors (Lipinski definition) is 5. The number of fused-ring (bicyclic) bond motifs is 1. The summed E-state index contributed by atoms with van der Waals surface area (Å²) in [4.78, 5) is 11.6. The van der Waals surface area contributed by atoms with Crippen LogP contribution in [0.1, 0.15) is 66.1 Å². The zero-order valence-corrected chi connectivity index (χ0v) is 51.5. The van der Waals surface area contributed by atoms with Gasteiger partial charge in [0, 0.05) is 27.5 Å². The number of halogens is 2. The Morgan fingerprint density at radius 3 is 0.720 bits per heavy atom. The number of benzene rings is 8. The minimum atomic E-state index is -0.245. The molecule has 0 aliphatic carbocycles. The van der Waals surface area contributed by atoms with E-state index in [1.165, 1.54) is 76.6 Å². The summed E-state index contributed by atoms with van der Waals surface area (Å²) in [6, 6.07) is 76.5. The number of esters is 1. The summed E-state index contributed by atoms with van der Waals surface area (Å²) in [5.74, 6) is -0.245. The lowest BCUT2D eigenvalue weighted by molar-refractivity contribution is -0.137. The zero-order chi connectivity index (χ0) is 58.3. The van der Waals surface area contributed by atoms with Gasteiger partial charge in [0.1, 0.15) is 0 Å². The van der Waals surface area contributed by atoms with Gasteiger partial charge in [0.25, 0.3) is 0 Å². The molecular formula is C68H99ClFNO3S. The van der Waals surface area contributed by atoms with E-state index in [-0.39, 0.29) is 5.97 Å². The van der Waals surface area contributed by atoms with Gasteiger partial charge in [0.2, 0.25) is 0 Å². The van der Waals surface area contributed by atoms with Crippen LogP contribution in [0.15, 0.2) is 224 Å². The van der Waals surface area contributed by atoms with E-state index in [1.807, 2.05) is 148 Å². The summed E-state index contributed by atoms with van der Waals surface area (Å²) in [5, 5.41) is 2.64. The van der Waals surface area contributed by atoms with Crippen molar-refractivity contribution in [2.45, 2.75) is 75.7 Å². The standard InChI is InChI=1S/C11H10.6C7H8.C3H9N.C3H6O2.C3H8.C2H6O.C2H6S.CH3Cl.CH3F/c1-9-6-7-10-4-2-3-5-11(10)8-9;6*1-7-5-3-2-4-6-7;1-4(2)3;1-3(4)5-2;3*1-3-2;2*1-2/h2-8H,1H3;6*2-6H,1H3;1-3H3;1-2H3;3H2,1-2H3;2*1-2H3;2*1H3. The number of nitrogens with zero attached hydrogens (tertiary/aromatic N) is 1. The first-order chi connectivity index (χ1) is 36.0. The number of rotatable bonds is 0. The summed E-state index contributed by atoms with van der Waals surface area (Å²) >= 11 is 6.39. The number of methoxy groups -OCH3 is 2. The predicted molar refractivity (Wildman–Crippen MR) is 340 cm³/mol. The lowest BCUT2D eigenvalue weighted by Gasteiger charge is -1.96. The Kier molecular flexibility index (Phi) is 70.7. The van der Waals surface area contributed by atoms with Crippen LogP contribution in [0.4, 0.5) is 4.39 Å². The number of aryl methyl sites for hydroxylation is 7. The molecule has 0 atom stereocenters. The fourth-order valence-electron chi connectivity index (χ4n) is 4.52. The largest absolute Gasteiger partial charge is 0.469 e. The molecule has 8 aromatic rings. The third-order valence-electron chi connectivity index (χ3n) is 7.84. The fraction of sp³-hybridized carbons (Fsp3) is 0.309. The highest BCUT2D eigenvalue weighted by Gasteiger charge is 1.89. The number of ether oxygens (including phenoxy) is 2. The average molecular weight is 1070 g/mol. The number of carbonyl (C=O) groups excluding carboxylic acids is 1. The van der Waals surface area contributed by atoms with Crippen molar-refractivity contribution in [3.05, 3.63) is 263 Å². The molecule has 4 nitrogen and oxygen atoms in total. The molecule has 0 radical (unpaired) electrons. The van der Waals surface area contributed by atoms with Gasteiger partial charge in [-0.25, -0.2) is 0 Å². The number of hydrogen-bond donors (Lipinski definition) is 0. The molecule has 7 heteroatoms. The van der Waals surface area contributed by atoms with Crippen LogP contribution in [-0.4, -0.2) is 79.4 Å². The number of thioether (sulfide) groups is 1. The highest BCUT2D eigenvalue weighted by Crippen LogP contribution is 2.14. The van der Waals surface area contributed by atoms with Crippen molar-refractivity contribution >= 4 is 40.1 Å². The molecule has 0 saturated carbocycles. The smallest absolute Gasteiger partial charge is 0.302 e. The van der Waals surface area contributed by atoms with E-state index < -0.39 is 0 Å². The topological polar surface area (TPSA) is 38.8 Å². The Morgan fingerprint density at radius 1 is 0.413 bits per heavy atom. The second-order valence-electron chi connectivity index (χ2n) is 16.3. The molecule has 8 rings (SSSR count). The van der Waals surface area contributed by atoms with E-state index in [2.05, 4.69) is 199 Å². The molecule has 0 amide bonds. The Hall–Kier alpha value is -6.02. The van der Waals surface area contributed by atoms with Crippen molar-refractivity contribution < 1.29 is 18.7 Å². The molecule has 0 bridgehead atoms. The Labute approximate surface area is 468 Å². The van der Waals surface area contributed by atoms with Gasteiger partial charge in [-0.3, -0.25) is 9.18 Å². The summed E-state index contributed by atoms with van der Waals surface area (Å²) in [6.45, 7) is 20.2.